The first kappa shape index (κ1) is 20.7. The van der Waals surface area contributed by atoms with E-state index >= 15 is 0 Å². The van der Waals surface area contributed by atoms with Crippen molar-refractivity contribution in [1.82, 2.24) is 19.4 Å². The average molecular weight is 411 g/mol. The van der Waals surface area contributed by atoms with E-state index in [1.165, 1.54) is 16.4 Å². The summed E-state index contributed by atoms with van der Waals surface area (Å²) in [5.41, 5.74) is 12.2. The number of aromatic nitrogens is 2. The lowest BCUT2D eigenvalue weighted by atomic mass is 10.4. The Kier molecular flexibility index (Phi) is 10.1. The average Bonchev–Trinajstić information content (AvgIpc) is 2.94. The molecule has 0 aliphatic carbocycles. The minimum Gasteiger partial charge on any atom is -0.376 e. The Morgan fingerprint density at radius 1 is 1.04 bits per heavy atom. The molecule has 11 heteroatoms. The summed E-state index contributed by atoms with van der Waals surface area (Å²) >= 11 is 15.0. The van der Waals surface area contributed by atoms with Crippen molar-refractivity contribution in [3.8, 4) is 0 Å². The van der Waals surface area contributed by atoms with Gasteiger partial charge in [-0.15, -0.1) is 5.10 Å². The topological polar surface area (TPSA) is 84.3 Å². The van der Waals surface area contributed by atoms with Gasteiger partial charge in [0.25, 0.3) is 0 Å². The van der Waals surface area contributed by atoms with Crippen molar-refractivity contribution in [3.63, 3.8) is 0 Å². The Morgan fingerprint density at radius 3 is 2.09 bits per heavy atom. The van der Waals surface area contributed by atoms with Gasteiger partial charge in [0.05, 0.1) is 10.6 Å². The van der Waals surface area contributed by atoms with Crippen LogP contribution < -0.4 is 11.5 Å². The largest absolute Gasteiger partial charge is 0.376 e. The highest BCUT2D eigenvalue weighted by Crippen LogP contribution is 2.22. The quantitative estimate of drug-likeness (QED) is 0.435. The summed E-state index contributed by atoms with van der Waals surface area (Å²) in [7, 11) is 3.81. The first-order valence-corrected chi connectivity index (χ1v) is 10.8. The third-order valence-corrected chi connectivity index (χ3v) is 6.48. The summed E-state index contributed by atoms with van der Waals surface area (Å²) in [6.07, 6.45) is 0. The molecule has 0 spiro atoms. The van der Waals surface area contributed by atoms with Crippen molar-refractivity contribution >= 4 is 69.7 Å². The van der Waals surface area contributed by atoms with Gasteiger partial charge < -0.3 is 21.3 Å². The third-order valence-electron chi connectivity index (χ3n) is 3.00. The van der Waals surface area contributed by atoms with Crippen LogP contribution in [0, 0.1) is 0 Å². The maximum Gasteiger partial charge on any atom is 0.166 e. The zero-order valence-corrected chi connectivity index (χ0v) is 17.3. The molecule has 0 bridgehead atoms. The Hall–Kier alpha value is -0.360. The van der Waals surface area contributed by atoms with E-state index in [4.69, 9.17) is 35.9 Å². The highest BCUT2D eigenvalue weighted by molar-refractivity contribution is 7.99. The number of hydrogen-bond donors (Lipinski definition) is 2. The predicted molar refractivity (Wildman–Crippen MR) is 111 cm³/mol. The monoisotopic (exact) mass is 410 g/mol. The summed E-state index contributed by atoms with van der Waals surface area (Å²) in [6.45, 7) is 1.69. The van der Waals surface area contributed by atoms with E-state index in [1.54, 1.807) is 0 Å². The molecule has 1 heterocycles. The number of nitrogens with zero attached hydrogens (tertiary/aromatic N) is 4. The van der Waals surface area contributed by atoms with Crippen LogP contribution in [0.5, 0.6) is 0 Å². The second-order valence-electron chi connectivity index (χ2n) is 4.77. The normalized spacial score (nSPS) is 10.5. The number of thiocarbonyl (C=S) groups is 2. The van der Waals surface area contributed by atoms with Gasteiger partial charge in [-0.3, -0.25) is 0 Å². The molecule has 6 nitrogen and oxygen atoms in total. The lowest BCUT2D eigenvalue weighted by molar-refractivity contribution is 0.544. The van der Waals surface area contributed by atoms with Crippen molar-refractivity contribution in [3.05, 3.63) is 10.6 Å². The van der Waals surface area contributed by atoms with Crippen LogP contribution >= 0.6 is 59.5 Å². The van der Waals surface area contributed by atoms with Gasteiger partial charge >= 0.3 is 0 Å². The molecule has 23 heavy (non-hydrogen) atoms. The first-order valence-electron chi connectivity index (χ1n) is 6.88. The lowest BCUT2D eigenvalue weighted by Crippen LogP contribution is -2.33. The van der Waals surface area contributed by atoms with E-state index in [0.29, 0.717) is 10.2 Å². The minimum absolute atomic E-state index is 0.431. The molecule has 1 aromatic heterocycles. The molecule has 4 N–H and O–H groups in total. The Labute approximate surface area is 160 Å². The molecule has 0 saturated carbocycles. The highest BCUT2D eigenvalue weighted by atomic mass is 32.2. The molecule has 0 saturated heterocycles. The van der Waals surface area contributed by atoms with E-state index in [1.807, 2.05) is 47.4 Å². The van der Waals surface area contributed by atoms with Crippen molar-refractivity contribution in [1.29, 1.82) is 0 Å². The molecule has 0 fully saturated rings. The number of hydrogen-bond acceptors (Lipinski definition) is 7. The van der Waals surface area contributed by atoms with Crippen LogP contribution in [0.3, 0.4) is 0 Å². The molecule has 0 aliphatic heterocycles. The fourth-order valence-electron chi connectivity index (χ4n) is 1.40. The first-order chi connectivity index (χ1) is 10.9. The van der Waals surface area contributed by atoms with E-state index < -0.39 is 0 Å². The number of nitrogens with two attached hydrogens (primary N) is 2. The smallest absolute Gasteiger partial charge is 0.166 e. The summed E-state index contributed by atoms with van der Waals surface area (Å²) in [5, 5.41) is 5.09. The van der Waals surface area contributed by atoms with Crippen molar-refractivity contribution in [2.24, 2.45) is 11.5 Å². The van der Waals surface area contributed by atoms with Gasteiger partial charge in [-0.1, -0.05) is 4.49 Å². The maximum atomic E-state index is 5.55. The van der Waals surface area contributed by atoms with Crippen molar-refractivity contribution < 1.29 is 0 Å². The van der Waals surface area contributed by atoms with Gasteiger partial charge in [0, 0.05) is 50.2 Å². The van der Waals surface area contributed by atoms with Gasteiger partial charge in [-0.05, 0) is 36.0 Å². The van der Waals surface area contributed by atoms with Gasteiger partial charge in [-0.25, -0.2) is 0 Å². The summed E-state index contributed by atoms with van der Waals surface area (Å²) in [5.74, 6) is 3.71. The summed E-state index contributed by atoms with van der Waals surface area (Å²) in [6, 6.07) is 0. The Bertz CT molecular complexity index is 465. The van der Waals surface area contributed by atoms with Crippen LogP contribution in [-0.2, 0) is 11.5 Å². The molecular formula is C12H22N6S5. The fraction of sp³-hybridized carbons (Fsp3) is 0.667. The molecule has 130 valence electrons. The van der Waals surface area contributed by atoms with Crippen LogP contribution in [0.1, 0.15) is 10.6 Å². The van der Waals surface area contributed by atoms with E-state index in [0.717, 1.165) is 41.8 Å². The molecule has 0 aliphatic rings. The van der Waals surface area contributed by atoms with E-state index in [9.17, 15) is 0 Å². The van der Waals surface area contributed by atoms with Crippen LogP contribution in [0.25, 0.3) is 0 Å². The molecule has 1 rings (SSSR count). The van der Waals surface area contributed by atoms with Crippen molar-refractivity contribution in [2.45, 2.75) is 11.5 Å². The van der Waals surface area contributed by atoms with Gasteiger partial charge in [0.2, 0.25) is 0 Å². The van der Waals surface area contributed by atoms with Crippen molar-refractivity contribution in [2.75, 3.05) is 38.7 Å². The number of rotatable bonds is 10. The summed E-state index contributed by atoms with van der Waals surface area (Å²) in [4.78, 5) is 4.99. The molecule has 1 aromatic rings. The molecule has 0 aromatic carbocycles. The Balaban J connectivity index is 2.25. The van der Waals surface area contributed by atoms with Crippen LogP contribution in [-0.4, -0.2) is 68.3 Å². The van der Waals surface area contributed by atoms with E-state index in [-0.39, 0.29) is 0 Å². The second-order valence-corrected chi connectivity index (χ2v) is 8.65. The zero-order chi connectivity index (χ0) is 17.2. The standard InChI is InChI=1S/C12H22N6S5/c1-17(11(13)19)3-5-21-7-9-10(23-16-15-9)8-22-6-4-18(2)12(14)20/h3-8H2,1-2H3,(H2,13,19)(H2,14,20). The molecular weight excluding hydrogens is 389 g/mol. The number of thioether (sulfide) groups is 2. The third kappa shape index (κ3) is 8.34. The fourth-order valence-corrected chi connectivity index (χ4v) is 4.47. The summed E-state index contributed by atoms with van der Waals surface area (Å²) < 4.78 is 4.07. The van der Waals surface area contributed by atoms with Gasteiger partial charge in [-0.2, -0.15) is 23.5 Å². The SMILES string of the molecule is CN(CCSCc1nnsc1CSCCN(C)C(N)=S)C(N)=S. The Morgan fingerprint density at radius 2 is 1.57 bits per heavy atom. The minimum atomic E-state index is 0.431. The zero-order valence-electron chi connectivity index (χ0n) is 13.2. The second kappa shape index (κ2) is 11.2. The maximum absolute atomic E-state index is 5.55. The molecule has 0 amide bonds. The van der Waals surface area contributed by atoms with Gasteiger partial charge in [0.1, 0.15) is 0 Å². The van der Waals surface area contributed by atoms with Crippen LogP contribution in [0.2, 0.25) is 0 Å². The predicted octanol–water partition coefficient (Wildman–Crippen LogP) is 1.36. The highest BCUT2D eigenvalue weighted by Gasteiger charge is 2.09. The van der Waals surface area contributed by atoms with Gasteiger partial charge in [0.15, 0.2) is 10.2 Å². The lowest BCUT2D eigenvalue weighted by Gasteiger charge is -2.16. The molecule has 0 unspecified atom stereocenters. The molecule has 0 radical (unpaired) electrons. The molecule has 0 atom stereocenters. The van der Waals surface area contributed by atoms with Crippen LogP contribution in [0.4, 0.5) is 0 Å². The van der Waals surface area contributed by atoms with E-state index in [2.05, 4.69) is 9.59 Å². The van der Waals surface area contributed by atoms with Crippen LogP contribution in [0.15, 0.2) is 0 Å².